The smallest absolute Gasteiger partial charge is 0.302 e. The minimum absolute atomic E-state index is 0.206. The van der Waals surface area contributed by atoms with Crippen molar-refractivity contribution in [3.05, 3.63) is 30.0 Å². The van der Waals surface area contributed by atoms with E-state index in [2.05, 4.69) is 35.9 Å². The number of fused-ring (bicyclic) bond motifs is 1. The molecular formula is C34H43N9O4. The van der Waals surface area contributed by atoms with Gasteiger partial charge >= 0.3 is 5.97 Å². The van der Waals surface area contributed by atoms with Crippen LogP contribution in [0.3, 0.4) is 0 Å². The van der Waals surface area contributed by atoms with Gasteiger partial charge in [-0.15, -0.1) is 0 Å². The Morgan fingerprint density at radius 2 is 1.66 bits per heavy atom. The quantitative estimate of drug-likeness (QED) is 0.238. The molecule has 3 fully saturated rings. The summed E-state index contributed by atoms with van der Waals surface area (Å²) in [6.45, 7) is 9.50. The van der Waals surface area contributed by atoms with E-state index in [1.165, 1.54) is 13.3 Å². The van der Waals surface area contributed by atoms with Crippen molar-refractivity contribution in [2.45, 2.75) is 96.4 Å². The van der Waals surface area contributed by atoms with E-state index in [0.29, 0.717) is 72.0 Å². The van der Waals surface area contributed by atoms with Crippen LogP contribution in [-0.2, 0) is 19.9 Å². The Hall–Kier alpha value is -4.42. The number of amides is 1. The van der Waals surface area contributed by atoms with Gasteiger partial charge in [0.15, 0.2) is 17.2 Å². The Balaban J connectivity index is 1.02. The molecule has 13 nitrogen and oxygen atoms in total. The molecule has 1 aliphatic heterocycles. The number of nitrogens with zero attached hydrogens (tertiary/aromatic N) is 8. The first-order chi connectivity index (χ1) is 22.6. The number of ether oxygens (including phenoxy) is 1. The lowest BCUT2D eigenvalue weighted by molar-refractivity contribution is -0.143. The van der Waals surface area contributed by atoms with Gasteiger partial charge in [0, 0.05) is 50.7 Å². The third-order valence-corrected chi connectivity index (χ3v) is 9.88. The van der Waals surface area contributed by atoms with E-state index in [-0.39, 0.29) is 29.3 Å². The summed E-state index contributed by atoms with van der Waals surface area (Å²) < 4.78 is 13.0. The molecule has 2 N–H and O–H groups in total. The number of hydrogen-bond donors (Lipinski definition) is 1. The molecule has 47 heavy (non-hydrogen) atoms. The zero-order chi connectivity index (χ0) is 32.9. The van der Waals surface area contributed by atoms with Crippen molar-refractivity contribution in [2.75, 3.05) is 25.4 Å². The number of esters is 1. The zero-order valence-corrected chi connectivity index (χ0v) is 27.6. The molecule has 5 heterocycles. The molecule has 2 saturated carbocycles. The van der Waals surface area contributed by atoms with Crippen LogP contribution in [0.15, 0.2) is 23.2 Å². The normalized spacial score (nSPS) is 20.4. The van der Waals surface area contributed by atoms with Crippen LogP contribution >= 0.6 is 0 Å². The zero-order valence-electron chi connectivity index (χ0n) is 27.6. The number of likely N-dealkylation sites (tertiary alicyclic amines) is 1. The summed E-state index contributed by atoms with van der Waals surface area (Å²) in [6.07, 6.45) is 13.0. The molecule has 2 aliphatic carbocycles. The molecule has 4 aromatic heterocycles. The highest BCUT2D eigenvalue weighted by Gasteiger charge is 2.37. The number of carbonyl (C=O) groups is 2. The van der Waals surface area contributed by atoms with Crippen molar-refractivity contribution < 1.29 is 18.8 Å². The van der Waals surface area contributed by atoms with Crippen LogP contribution < -0.4 is 5.73 Å². The molecule has 1 saturated heterocycles. The highest BCUT2D eigenvalue weighted by Crippen LogP contribution is 2.48. The van der Waals surface area contributed by atoms with Gasteiger partial charge in [-0.2, -0.15) is 5.10 Å². The second-order valence-electron chi connectivity index (χ2n) is 14.5. The number of rotatable bonds is 9. The minimum atomic E-state index is -0.358. The summed E-state index contributed by atoms with van der Waals surface area (Å²) in [5, 5.41) is 10.0. The number of nitrogen functional groups attached to an aromatic ring is 1. The van der Waals surface area contributed by atoms with Crippen LogP contribution in [0.25, 0.3) is 33.8 Å². The summed E-state index contributed by atoms with van der Waals surface area (Å²) in [4.78, 5) is 44.3. The molecular weight excluding hydrogens is 598 g/mol. The maximum absolute atomic E-state index is 13.0. The summed E-state index contributed by atoms with van der Waals surface area (Å²) >= 11 is 0. The first-order valence-corrected chi connectivity index (χ1v) is 16.8. The first kappa shape index (κ1) is 31.2. The minimum Gasteiger partial charge on any atom is -0.466 e. The van der Waals surface area contributed by atoms with Gasteiger partial charge in [-0.1, -0.05) is 18.0 Å². The molecule has 0 spiro atoms. The topological polar surface area (TPSA) is 168 Å². The van der Waals surface area contributed by atoms with Crippen molar-refractivity contribution in [3.63, 3.8) is 0 Å². The molecule has 4 aromatic rings. The second-order valence-corrected chi connectivity index (χ2v) is 14.5. The fourth-order valence-corrected chi connectivity index (χ4v) is 6.89. The molecule has 0 unspecified atom stereocenters. The maximum atomic E-state index is 13.0. The van der Waals surface area contributed by atoms with Crippen molar-refractivity contribution in [1.82, 2.24) is 39.8 Å². The number of aromatic nitrogens is 7. The first-order valence-electron chi connectivity index (χ1n) is 16.8. The number of nitrogens with two attached hydrogens (primary N) is 1. The van der Waals surface area contributed by atoms with E-state index < -0.39 is 0 Å². The van der Waals surface area contributed by atoms with Gasteiger partial charge < -0.3 is 19.9 Å². The molecule has 0 bridgehead atoms. The largest absolute Gasteiger partial charge is 0.466 e. The Morgan fingerprint density at radius 1 is 0.957 bits per heavy atom. The molecule has 13 heteroatoms. The molecule has 0 aromatic carbocycles. The number of carbonyl (C=O) groups excluding carboxylic acids is 2. The molecule has 3 aliphatic rings. The van der Waals surface area contributed by atoms with Gasteiger partial charge in [0.25, 0.3) is 0 Å². The lowest BCUT2D eigenvalue weighted by Crippen LogP contribution is -2.48. The Kier molecular flexibility index (Phi) is 8.17. The number of anilines is 1. The lowest BCUT2D eigenvalue weighted by atomic mass is 9.80. The van der Waals surface area contributed by atoms with Gasteiger partial charge in [-0.25, -0.2) is 24.6 Å². The predicted octanol–water partition coefficient (Wildman–Crippen LogP) is 5.23. The average Bonchev–Trinajstić information content (AvgIpc) is 3.64. The summed E-state index contributed by atoms with van der Waals surface area (Å²) in [7, 11) is 0. The monoisotopic (exact) mass is 641 g/mol. The van der Waals surface area contributed by atoms with Gasteiger partial charge in [0.2, 0.25) is 5.91 Å². The van der Waals surface area contributed by atoms with Gasteiger partial charge in [-0.05, 0) is 70.3 Å². The van der Waals surface area contributed by atoms with Gasteiger partial charge in [0.05, 0.1) is 23.1 Å². The Labute approximate surface area is 273 Å². The summed E-state index contributed by atoms with van der Waals surface area (Å²) in [5.41, 5.74) is 9.47. The average molecular weight is 642 g/mol. The van der Waals surface area contributed by atoms with E-state index in [1.54, 1.807) is 0 Å². The van der Waals surface area contributed by atoms with E-state index in [1.807, 2.05) is 22.0 Å². The molecule has 0 radical (unpaired) electrons. The van der Waals surface area contributed by atoms with E-state index in [0.717, 1.165) is 61.8 Å². The van der Waals surface area contributed by atoms with Crippen molar-refractivity contribution >= 4 is 28.7 Å². The number of hydrogen-bond acceptors (Lipinski definition) is 11. The van der Waals surface area contributed by atoms with Crippen LogP contribution in [0, 0.1) is 11.8 Å². The van der Waals surface area contributed by atoms with Gasteiger partial charge in [0.1, 0.15) is 23.5 Å². The summed E-state index contributed by atoms with van der Waals surface area (Å²) in [6, 6.07) is 0. The Morgan fingerprint density at radius 3 is 2.32 bits per heavy atom. The van der Waals surface area contributed by atoms with Crippen LogP contribution in [0.4, 0.5) is 5.82 Å². The summed E-state index contributed by atoms with van der Waals surface area (Å²) in [5.74, 6) is 3.11. The maximum Gasteiger partial charge on any atom is 0.302 e. The van der Waals surface area contributed by atoms with Crippen LogP contribution in [0.2, 0.25) is 0 Å². The van der Waals surface area contributed by atoms with Crippen molar-refractivity contribution in [2.24, 2.45) is 11.8 Å². The van der Waals surface area contributed by atoms with E-state index >= 15 is 0 Å². The van der Waals surface area contributed by atoms with Crippen LogP contribution in [-0.4, -0.2) is 71.3 Å². The van der Waals surface area contributed by atoms with E-state index in [4.69, 9.17) is 30.1 Å². The third kappa shape index (κ3) is 6.31. The van der Waals surface area contributed by atoms with E-state index in [9.17, 15) is 9.59 Å². The molecule has 7 rings (SSSR count). The highest BCUT2D eigenvalue weighted by molar-refractivity contribution is 6.00. The van der Waals surface area contributed by atoms with Crippen LogP contribution in [0.5, 0.6) is 0 Å². The lowest BCUT2D eigenvalue weighted by Gasteiger charge is -2.39. The molecule has 1 amide bonds. The molecule has 248 valence electrons. The second kappa shape index (κ2) is 12.3. The third-order valence-electron chi connectivity index (χ3n) is 9.88. The predicted molar refractivity (Wildman–Crippen MR) is 174 cm³/mol. The molecule has 0 atom stereocenters. The van der Waals surface area contributed by atoms with Gasteiger partial charge in [-0.3, -0.25) is 9.59 Å². The standard InChI is InChI=1S/C34H43N9O4/c1-19(44)46-17-21-7-5-20(6-8-21)9-12-25(45)42-15-24(16-42)23-13-36-32(37-14-23)26-29(41-47-30(26)22-10-11-22)28-27-31(35)38-18-39-33(27)43(40-28)34(2,3)4/h13-14,18,20-22,24H,5-12,15-17H2,1-4H3,(H2,35,38,39). The highest BCUT2D eigenvalue weighted by atomic mass is 16.5. The fraction of sp³-hybridized carbons (Fsp3) is 0.588. The van der Waals surface area contributed by atoms with Crippen LogP contribution in [0.1, 0.15) is 102 Å². The SMILES string of the molecule is CC(=O)OCC1CCC(CCC(=O)N2CC(c3cnc(-c4c(-c5nn(C(C)(C)C)c6ncnc(N)c56)noc4C4CC4)nc3)C2)CC1. The fourth-order valence-electron chi connectivity index (χ4n) is 6.89. The van der Waals surface area contributed by atoms with Crippen molar-refractivity contribution in [3.8, 4) is 22.8 Å². The van der Waals surface area contributed by atoms with Crippen molar-refractivity contribution in [1.29, 1.82) is 0 Å². The Bertz CT molecular complexity index is 1770.